The van der Waals surface area contributed by atoms with Gasteiger partial charge in [0.05, 0.1) is 18.3 Å². The van der Waals surface area contributed by atoms with Crippen molar-refractivity contribution in [3.63, 3.8) is 0 Å². The highest BCUT2D eigenvalue weighted by molar-refractivity contribution is 7.16. The standard InChI is InChI=1S/C23H21N5O4S/c1-14-16(13-27-32-14)12-26-23(30)31-17-5-6-18-19(10-24)22(33-20(18)9-17)28-21(29)7-4-15-3-2-8-25-11-15/h2-4,7-8,11,13,17H,5-6,9,12H2,1H3,(H,26,30)(H,28,29)/b7-4+. The van der Waals surface area contributed by atoms with E-state index in [1.807, 2.05) is 6.07 Å². The van der Waals surface area contributed by atoms with Crippen LogP contribution in [0.5, 0.6) is 0 Å². The molecule has 0 aliphatic heterocycles. The summed E-state index contributed by atoms with van der Waals surface area (Å²) in [5, 5.41) is 19.3. The van der Waals surface area contributed by atoms with Crippen LogP contribution in [0.25, 0.3) is 6.08 Å². The molecule has 168 valence electrons. The number of carbonyl (C=O) groups excluding carboxylic acids is 2. The SMILES string of the molecule is Cc1oncc1CNC(=O)OC1CCc2c(sc(NC(=O)/C=C/c3cccnc3)c2C#N)C1. The van der Waals surface area contributed by atoms with Gasteiger partial charge in [-0.3, -0.25) is 9.78 Å². The molecular formula is C23H21N5O4S. The van der Waals surface area contributed by atoms with Gasteiger partial charge in [0, 0.05) is 35.3 Å². The smallest absolute Gasteiger partial charge is 0.407 e. The molecule has 0 fully saturated rings. The average molecular weight is 464 g/mol. The van der Waals surface area contributed by atoms with Crippen molar-refractivity contribution in [2.45, 2.75) is 38.8 Å². The van der Waals surface area contributed by atoms with Gasteiger partial charge in [-0.25, -0.2) is 4.79 Å². The monoisotopic (exact) mass is 463 g/mol. The van der Waals surface area contributed by atoms with Gasteiger partial charge in [0.1, 0.15) is 22.9 Å². The van der Waals surface area contributed by atoms with Crippen LogP contribution in [0.1, 0.15) is 39.3 Å². The second-order valence-corrected chi connectivity index (χ2v) is 8.56. The number of pyridine rings is 1. The first-order valence-electron chi connectivity index (χ1n) is 10.3. The first kappa shape index (κ1) is 22.2. The van der Waals surface area contributed by atoms with Gasteiger partial charge in [-0.1, -0.05) is 11.2 Å². The maximum absolute atomic E-state index is 12.4. The summed E-state index contributed by atoms with van der Waals surface area (Å²) in [5.74, 6) is 0.315. The molecule has 0 saturated heterocycles. The number of fused-ring (bicyclic) bond motifs is 1. The summed E-state index contributed by atoms with van der Waals surface area (Å²) in [6.45, 7) is 2.04. The van der Waals surface area contributed by atoms with E-state index >= 15 is 0 Å². The summed E-state index contributed by atoms with van der Waals surface area (Å²) < 4.78 is 10.5. The molecule has 2 N–H and O–H groups in total. The fourth-order valence-electron chi connectivity index (χ4n) is 3.51. The summed E-state index contributed by atoms with van der Waals surface area (Å²) in [6, 6.07) is 5.83. The third-order valence-corrected chi connectivity index (χ3v) is 6.40. The van der Waals surface area contributed by atoms with E-state index in [9.17, 15) is 14.9 Å². The first-order valence-corrected chi connectivity index (χ1v) is 11.1. The van der Waals surface area contributed by atoms with Crippen LogP contribution in [0.2, 0.25) is 0 Å². The summed E-state index contributed by atoms with van der Waals surface area (Å²) in [4.78, 5) is 29.5. The van der Waals surface area contributed by atoms with Crippen molar-refractivity contribution in [1.82, 2.24) is 15.5 Å². The second-order valence-electron chi connectivity index (χ2n) is 7.46. The zero-order valence-electron chi connectivity index (χ0n) is 17.8. The van der Waals surface area contributed by atoms with Crippen LogP contribution < -0.4 is 10.6 Å². The molecule has 3 aromatic heterocycles. The van der Waals surface area contributed by atoms with Crippen LogP contribution in [-0.2, 0) is 28.9 Å². The number of amides is 2. The van der Waals surface area contributed by atoms with Crippen LogP contribution in [0.15, 0.2) is 41.3 Å². The Balaban J connectivity index is 1.36. The number of aromatic nitrogens is 2. The molecule has 0 saturated carbocycles. The summed E-state index contributed by atoms with van der Waals surface area (Å²) >= 11 is 1.35. The lowest BCUT2D eigenvalue weighted by molar-refractivity contribution is -0.111. The van der Waals surface area contributed by atoms with E-state index in [1.165, 1.54) is 17.4 Å². The molecule has 10 heteroatoms. The number of carbonyl (C=O) groups is 2. The van der Waals surface area contributed by atoms with E-state index in [2.05, 4.69) is 26.8 Å². The molecule has 33 heavy (non-hydrogen) atoms. The number of alkyl carbamates (subject to hydrolysis) is 1. The van der Waals surface area contributed by atoms with Gasteiger partial charge in [-0.05, 0) is 43.0 Å². The fraction of sp³-hybridized carbons (Fsp3) is 0.261. The highest BCUT2D eigenvalue weighted by Gasteiger charge is 2.28. The third-order valence-electron chi connectivity index (χ3n) is 5.23. The number of nitrogens with zero attached hydrogens (tertiary/aromatic N) is 3. The molecule has 4 rings (SSSR count). The van der Waals surface area contributed by atoms with Crippen molar-refractivity contribution in [3.05, 3.63) is 69.7 Å². The molecule has 1 aliphatic carbocycles. The maximum atomic E-state index is 12.4. The van der Waals surface area contributed by atoms with Crippen LogP contribution in [0.4, 0.5) is 9.80 Å². The third kappa shape index (κ3) is 5.45. The number of hydrogen-bond acceptors (Lipinski definition) is 8. The summed E-state index contributed by atoms with van der Waals surface area (Å²) in [5.41, 5.74) is 2.97. The number of nitriles is 1. The minimum atomic E-state index is -0.518. The van der Waals surface area contributed by atoms with Crippen molar-refractivity contribution >= 4 is 34.4 Å². The molecule has 3 aromatic rings. The predicted molar refractivity (Wildman–Crippen MR) is 121 cm³/mol. The number of aryl methyl sites for hydroxylation is 1. The highest BCUT2D eigenvalue weighted by Crippen LogP contribution is 2.38. The molecule has 0 spiro atoms. The normalized spacial score (nSPS) is 15.0. The van der Waals surface area contributed by atoms with E-state index in [0.29, 0.717) is 35.6 Å². The van der Waals surface area contributed by atoms with Crippen LogP contribution in [0, 0.1) is 18.3 Å². The lowest BCUT2D eigenvalue weighted by atomic mass is 9.94. The van der Waals surface area contributed by atoms with Gasteiger partial charge in [0.15, 0.2) is 0 Å². The average Bonchev–Trinajstić information content (AvgIpc) is 3.38. The molecule has 2 amide bonds. The second kappa shape index (κ2) is 10.1. The zero-order chi connectivity index (χ0) is 23.2. The summed E-state index contributed by atoms with van der Waals surface area (Å²) in [7, 11) is 0. The molecular weight excluding hydrogens is 442 g/mol. The molecule has 0 bridgehead atoms. The highest BCUT2D eigenvalue weighted by atomic mass is 32.1. The van der Waals surface area contributed by atoms with Crippen LogP contribution in [0.3, 0.4) is 0 Å². The van der Waals surface area contributed by atoms with Crippen LogP contribution >= 0.6 is 11.3 Å². The fourth-order valence-corrected chi connectivity index (χ4v) is 4.78. The minimum Gasteiger partial charge on any atom is -0.446 e. The number of rotatable bonds is 6. The molecule has 3 heterocycles. The molecule has 1 unspecified atom stereocenters. The van der Waals surface area contributed by atoms with Crippen molar-refractivity contribution in [3.8, 4) is 6.07 Å². The first-order chi connectivity index (χ1) is 16.0. The van der Waals surface area contributed by atoms with E-state index < -0.39 is 6.09 Å². The Bertz CT molecular complexity index is 1230. The van der Waals surface area contributed by atoms with Gasteiger partial charge in [0.25, 0.3) is 0 Å². The van der Waals surface area contributed by atoms with E-state index in [0.717, 1.165) is 21.6 Å². The maximum Gasteiger partial charge on any atom is 0.407 e. The quantitative estimate of drug-likeness (QED) is 0.533. The summed E-state index contributed by atoms with van der Waals surface area (Å²) in [6.07, 6.45) is 8.80. The molecule has 0 aromatic carbocycles. The van der Waals surface area contributed by atoms with E-state index in [1.54, 1.807) is 37.7 Å². The Morgan fingerprint density at radius 3 is 3.03 bits per heavy atom. The Morgan fingerprint density at radius 1 is 1.42 bits per heavy atom. The topological polar surface area (TPSA) is 130 Å². The predicted octanol–water partition coefficient (Wildman–Crippen LogP) is 3.75. The number of hydrogen-bond donors (Lipinski definition) is 2. The zero-order valence-corrected chi connectivity index (χ0v) is 18.6. The van der Waals surface area contributed by atoms with Crippen molar-refractivity contribution in [2.75, 3.05) is 5.32 Å². The van der Waals surface area contributed by atoms with Crippen molar-refractivity contribution in [1.29, 1.82) is 5.26 Å². The van der Waals surface area contributed by atoms with Gasteiger partial charge < -0.3 is 19.9 Å². The van der Waals surface area contributed by atoms with Crippen molar-refractivity contribution < 1.29 is 18.8 Å². The Morgan fingerprint density at radius 2 is 2.30 bits per heavy atom. The van der Waals surface area contributed by atoms with E-state index in [-0.39, 0.29) is 18.6 Å². The number of anilines is 1. The van der Waals surface area contributed by atoms with Gasteiger partial charge in [0.2, 0.25) is 5.91 Å². The molecule has 1 atom stereocenters. The molecule has 9 nitrogen and oxygen atoms in total. The Hall–Kier alpha value is -3.97. The minimum absolute atomic E-state index is 0.270. The lowest BCUT2D eigenvalue weighted by Gasteiger charge is -2.22. The number of thiophene rings is 1. The number of ether oxygens (including phenoxy) is 1. The lowest BCUT2D eigenvalue weighted by Crippen LogP contribution is -2.31. The molecule has 0 radical (unpaired) electrons. The Kier molecular flexibility index (Phi) is 6.80. The van der Waals surface area contributed by atoms with Gasteiger partial charge in [-0.15, -0.1) is 11.3 Å². The van der Waals surface area contributed by atoms with Gasteiger partial charge in [-0.2, -0.15) is 5.26 Å². The van der Waals surface area contributed by atoms with Crippen molar-refractivity contribution in [2.24, 2.45) is 0 Å². The van der Waals surface area contributed by atoms with Gasteiger partial charge >= 0.3 is 6.09 Å². The molecule has 1 aliphatic rings. The number of nitrogens with one attached hydrogen (secondary N) is 2. The van der Waals surface area contributed by atoms with Crippen LogP contribution in [-0.4, -0.2) is 28.2 Å². The van der Waals surface area contributed by atoms with E-state index in [4.69, 9.17) is 9.26 Å². The largest absolute Gasteiger partial charge is 0.446 e. The Labute approximate surface area is 194 Å².